The molecule has 1 aliphatic heterocycles. The maximum absolute atomic E-state index is 11.9. The molecule has 2 N–H and O–H groups in total. The number of aromatic carboxylic acids is 2. The molecule has 1 aliphatic rings. The normalized spacial score (nSPS) is 16.5. The third-order valence-electron chi connectivity index (χ3n) is 7.57. The molecule has 0 spiro atoms. The van der Waals surface area contributed by atoms with Crippen molar-refractivity contribution in [3.63, 3.8) is 0 Å². The maximum Gasteiger partial charge on any atom is 0.354 e. The molecule has 50 heavy (non-hydrogen) atoms. The third-order valence-corrected chi connectivity index (χ3v) is 8.17. The average Bonchev–Trinajstić information content (AvgIpc) is 3.10. The van der Waals surface area contributed by atoms with Gasteiger partial charge in [0.05, 0.1) is 70.8 Å². The molecule has 1 saturated heterocycles. The average molecular weight is 710 g/mol. The van der Waals surface area contributed by atoms with E-state index in [2.05, 4.69) is 25.2 Å². The van der Waals surface area contributed by atoms with Gasteiger partial charge in [-0.3, -0.25) is 9.80 Å². The van der Waals surface area contributed by atoms with E-state index in [-0.39, 0.29) is 11.4 Å². The molecule has 3 aromatic rings. The van der Waals surface area contributed by atoms with Crippen molar-refractivity contribution < 1.29 is 43.5 Å². The zero-order valence-electron chi connectivity index (χ0n) is 27.9. The van der Waals surface area contributed by atoms with E-state index in [1.807, 2.05) is 24.3 Å². The largest absolute Gasteiger partial charge is 0.493 e. The summed E-state index contributed by atoms with van der Waals surface area (Å²) >= 11 is 1.10. The minimum absolute atomic E-state index is 0.00991. The number of nitriles is 1. The number of pyridine rings is 2. The van der Waals surface area contributed by atoms with Crippen molar-refractivity contribution in [1.82, 2.24) is 19.8 Å². The number of nitrogens with zero attached hydrogens (tertiary/aromatic N) is 5. The van der Waals surface area contributed by atoms with Gasteiger partial charge in [-0.2, -0.15) is 5.26 Å². The highest BCUT2D eigenvalue weighted by atomic mass is 32.2. The Morgan fingerprint density at radius 1 is 0.740 bits per heavy atom. The first-order chi connectivity index (χ1) is 24.4. The molecule has 0 saturated carbocycles. The van der Waals surface area contributed by atoms with Gasteiger partial charge in [-0.05, 0) is 41.6 Å². The number of rotatable bonds is 11. The quantitative estimate of drug-likeness (QED) is 0.218. The smallest absolute Gasteiger partial charge is 0.354 e. The number of hydrogen-bond acceptors (Lipinski definition) is 13. The van der Waals surface area contributed by atoms with Gasteiger partial charge < -0.3 is 33.9 Å². The van der Waals surface area contributed by atoms with Gasteiger partial charge >= 0.3 is 11.9 Å². The fourth-order valence-electron chi connectivity index (χ4n) is 5.00. The van der Waals surface area contributed by atoms with Gasteiger partial charge in [0.25, 0.3) is 0 Å². The molecule has 0 amide bonds. The molecule has 1 aromatic carbocycles. The van der Waals surface area contributed by atoms with Crippen LogP contribution in [0.25, 0.3) is 0 Å². The summed E-state index contributed by atoms with van der Waals surface area (Å²) in [5, 5.41) is 29.9. The second-order valence-electron chi connectivity index (χ2n) is 11.2. The molecule has 0 radical (unpaired) electrons. The van der Waals surface area contributed by atoms with Gasteiger partial charge in [-0.25, -0.2) is 19.6 Å². The predicted molar refractivity (Wildman–Crippen MR) is 183 cm³/mol. The molecular weight excluding hydrogens is 666 g/mol. The lowest BCUT2D eigenvalue weighted by atomic mass is 10.2. The van der Waals surface area contributed by atoms with E-state index in [1.54, 1.807) is 18.2 Å². The summed E-state index contributed by atoms with van der Waals surface area (Å²) in [5.41, 5.74) is 2.17. The van der Waals surface area contributed by atoms with Gasteiger partial charge in [-0.1, -0.05) is 18.2 Å². The zero-order chi connectivity index (χ0) is 35.4. The van der Waals surface area contributed by atoms with Crippen LogP contribution in [-0.4, -0.2) is 128 Å². The number of thioether (sulfide) groups is 1. The van der Waals surface area contributed by atoms with Crippen LogP contribution in [0.3, 0.4) is 0 Å². The number of carboxylic acids is 2. The lowest BCUT2D eigenvalue weighted by Gasteiger charge is -2.23. The second kappa shape index (κ2) is 21.8. The second-order valence-corrected chi connectivity index (χ2v) is 12.1. The Balaban J connectivity index is 1.28. The number of aromatic nitrogens is 2. The number of ether oxygens (including phenoxy) is 5. The van der Waals surface area contributed by atoms with Crippen LogP contribution in [0, 0.1) is 10.7 Å². The first kappa shape index (κ1) is 38.7. The Morgan fingerprint density at radius 3 is 1.82 bits per heavy atom. The van der Waals surface area contributed by atoms with Gasteiger partial charge in [-0.15, -0.1) is 0 Å². The molecule has 14 nitrogen and oxygen atoms in total. The van der Waals surface area contributed by atoms with Crippen LogP contribution in [0.4, 0.5) is 0 Å². The minimum Gasteiger partial charge on any atom is -0.493 e. The van der Waals surface area contributed by atoms with E-state index < -0.39 is 11.9 Å². The lowest BCUT2D eigenvalue weighted by molar-refractivity contribution is 0.00596. The molecule has 4 rings (SSSR count). The van der Waals surface area contributed by atoms with Crippen molar-refractivity contribution in [3.8, 4) is 11.2 Å². The SMILES string of the molecule is N#CSc1ccc(CCOc2cc(CN3CCOCCOCCN(Cc4cccc(C(=O)O)n4)CCOCCOCC3)nc(C(=O)O)c2)cc1. The molecule has 15 heteroatoms. The first-order valence-electron chi connectivity index (χ1n) is 16.4. The summed E-state index contributed by atoms with van der Waals surface area (Å²) in [6.45, 7) is 6.92. The highest BCUT2D eigenvalue weighted by Gasteiger charge is 2.15. The molecule has 3 heterocycles. The Kier molecular flexibility index (Phi) is 16.9. The topological polar surface area (TPSA) is 177 Å². The molecule has 2 aromatic heterocycles. The number of carboxylic acid groups (broad SMARTS) is 2. The standard InChI is InChI=1S/C35H43N5O9S/c36-26-50-31-6-4-27(5-7-31)8-13-49-30-22-29(38-33(23-30)35(43)44)25-40-11-16-47-20-18-45-14-9-39(10-15-46-19-21-48-17-12-40)24-28-2-1-3-32(37-28)34(41)42/h1-7,22-23H,8-21,24-25H2,(H,41,42)(H,43,44). The van der Waals surface area contributed by atoms with E-state index in [4.69, 9.17) is 28.9 Å². The van der Waals surface area contributed by atoms with Crippen LogP contribution >= 0.6 is 11.8 Å². The zero-order valence-corrected chi connectivity index (χ0v) is 28.7. The van der Waals surface area contributed by atoms with Gasteiger partial charge in [0.2, 0.25) is 0 Å². The van der Waals surface area contributed by atoms with Crippen molar-refractivity contribution >= 4 is 23.7 Å². The molecule has 0 bridgehead atoms. The van der Waals surface area contributed by atoms with Crippen LogP contribution in [-0.2, 0) is 38.5 Å². The summed E-state index contributed by atoms with van der Waals surface area (Å²) in [6.07, 6.45) is 0.616. The van der Waals surface area contributed by atoms with E-state index in [0.29, 0.717) is 122 Å². The van der Waals surface area contributed by atoms with Gasteiger partial charge in [0.1, 0.15) is 16.8 Å². The van der Waals surface area contributed by atoms with Crippen molar-refractivity contribution in [2.45, 2.75) is 24.4 Å². The van der Waals surface area contributed by atoms with Crippen LogP contribution in [0.2, 0.25) is 0 Å². The van der Waals surface area contributed by atoms with Crippen molar-refractivity contribution in [1.29, 1.82) is 5.26 Å². The van der Waals surface area contributed by atoms with Crippen LogP contribution in [0.5, 0.6) is 5.75 Å². The number of thiocyanates is 1. The summed E-state index contributed by atoms with van der Waals surface area (Å²) < 4.78 is 29.3. The Bertz CT molecular complexity index is 1520. The first-order valence-corrected chi connectivity index (χ1v) is 17.2. The van der Waals surface area contributed by atoms with E-state index >= 15 is 0 Å². The summed E-state index contributed by atoms with van der Waals surface area (Å²) in [4.78, 5) is 36.9. The number of carbonyl (C=O) groups is 2. The van der Waals surface area contributed by atoms with Gasteiger partial charge in [0.15, 0.2) is 5.69 Å². The number of benzene rings is 1. The summed E-state index contributed by atoms with van der Waals surface area (Å²) in [5.74, 6) is -1.77. The fraction of sp³-hybridized carbons (Fsp3) is 0.457. The van der Waals surface area contributed by atoms with E-state index in [0.717, 1.165) is 22.2 Å². The Morgan fingerprint density at radius 2 is 1.28 bits per heavy atom. The Hall–Kier alpha value is -4.14. The van der Waals surface area contributed by atoms with E-state index in [1.165, 1.54) is 12.1 Å². The maximum atomic E-state index is 11.9. The monoisotopic (exact) mass is 709 g/mol. The highest BCUT2D eigenvalue weighted by Crippen LogP contribution is 2.19. The summed E-state index contributed by atoms with van der Waals surface area (Å²) in [6, 6.07) is 15.8. The molecular formula is C35H43N5O9S. The van der Waals surface area contributed by atoms with Crippen LogP contribution < -0.4 is 4.74 Å². The van der Waals surface area contributed by atoms with E-state index in [9.17, 15) is 19.8 Å². The molecule has 0 aliphatic carbocycles. The van der Waals surface area contributed by atoms with Crippen molar-refractivity contribution in [2.75, 3.05) is 85.6 Å². The van der Waals surface area contributed by atoms with Crippen LogP contribution in [0.15, 0.2) is 59.5 Å². The fourth-order valence-corrected chi connectivity index (χ4v) is 5.38. The van der Waals surface area contributed by atoms with Crippen molar-refractivity contribution in [2.24, 2.45) is 0 Å². The highest BCUT2D eigenvalue weighted by molar-refractivity contribution is 8.03. The molecule has 0 atom stereocenters. The molecule has 1 fully saturated rings. The predicted octanol–water partition coefficient (Wildman–Crippen LogP) is 3.45. The van der Waals surface area contributed by atoms with Crippen LogP contribution in [0.1, 0.15) is 37.9 Å². The number of hydrogen-bond donors (Lipinski definition) is 2. The van der Waals surface area contributed by atoms with Crippen molar-refractivity contribution in [3.05, 3.63) is 82.9 Å². The lowest BCUT2D eigenvalue weighted by Crippen LogP contribution is -2.33. The molecule has 0 unspecified atom stereocenters. The Labute approximate surface area is 295 Å². The van der Waals surface area contributed by atoms with Gasteiger partial charge in [0, 0.05) is 62.7 Å². The minimum atomic E-state index is -1.14. The summed E-state index contributed by atoms with van der Waals surface area (Å²) in [7, 11) is 0. The third kappa shape index (κ3) is 14.4. The molecule has 268 valence electrons.